The third-order valence-electron chi connectivity index (χ3n) is 1.22. The minimum absolute atomic E-state index is 0.238. The number of carboxylic acids is 1. The Hall–Kier alpha value is -1.46. The summed E-state index contributed by atoms with van der Waals surface area (Å²) in [6, 6.07) is 0. The summed E-state index contributed by atoms with van der Waals surface area (Å²) in [7, 11) is 0. The summed E-state index contributed by atoms with van der Waals surface area (Å²) < 4.78 is 0. The molecule has 6 nitrogen and oxygen atoms in total. The second-order valence-corrected chi connectivity index (χ2v) is 2.37. The van der Waals surface area contributed by atoms with Gasteiger partial charge in [0.05, 0.1) is 5.92 Å². The predicted octanol–water partition coefficient (Wildman–Crippen LogP) is 0.661. The molecule has 0 radical (unpaired) electrons. The van der Waals surface area contributed by atoms with Gasteiger partial charge in [0.1, 0.15) is 0 Å². The van der Waals surface area contributed by atoms with E-state index in [0.29, 0.717) is 0 Å². The van der Waals surface area contributed by atoms with Gasteiger partial charge in [-0.1, -0.05) is 6.92 Å². The molecule has 0 saturated heterocycles. The fraction of sp³-hybridized carbons (Fsp3) is 0.667. The van der Waals surface area contributed by atoms with E-state index in [9.17, 15) is 4.79 Å². The molecular weight excluding hydrogens is 160 g/mol. The number of aliphatic carboxylic acids is 1. The number of carbonyl (C=O) groups is 1. The van der Waals surface area contributed by atoms with Crippen molar-refractivity contribution in [2.24, 2.45) is 16.1 Å². The summed E-state index contributed by atoms with van der Waals surface area (Å²) in [5.41, 5.74) is 9.03. The average Bonchev–Trinajstić information content (AvgIpc) is 2.03. The van der Waals surface area contributed by atoms with Crippen LogP contribution < -0.4 is 5.43 Å². The van der Waals surface area contributed by atoms with Gasteiger partial charge in [0, 0.05) is 6.54 Å². The standard InChI is InChI=1S/C6H12N4O2/c1-4(6(11)12)3-8-10-5(2)9-7/h4,7-8H,3H2,1-2H3,(H,11,12)/b9-7?,10-5-. The van der Waals surface area contributed by atoms with Crippen molar-refractivity contribution in [1.82, 2.24) is 5.43 Å². The van der Waals surface area contributed by atoms with Crippen LogP contribution in [0, 0.1) is 11.4 Å². The van der Waals surface area contributed by atoms with Crippen molar-refractivity contribution in [2.45, 2.75) is 13.8 Å². The van der Waals surface area contributed by atoms with Gasteiger partial charge in [0.2, 0.25) is 0 Å². The van der Waals surface area contributed by atoms with Crippen LogP contribution in [0.4, 0.5) is 0 Å². The molecule has 12 heavy (non-hydrogen) atoms. The lowest BCUT2D eigenvalue weighted by Crippen LogP contribution is -2.23. The number of rotatable bonds is 4. The normalized spacial score (nSPS) is 13.7. The van der Waals surface area contributed by atoms with Crippen molar-refractivity contribution in [3.05, 3.63) is 0 Å². The molecule has 0 aliphatic carbocycles. The topological polar surface area (TPSA) is 97.9 Å². The maximum absolute atomic E-state index is 10.3. The van der Waals surface area contributed by atoms with E-state index in [4.69, 9.17) is 10.6 Å². The van der Waals surface area contributed by atoms with E-state index in [2.05, 4.69) is 15.6 Å². The van der Waals surface area contributed by atoms with Gasteiger partial charge in [-0.05, 0) is 6.92 Å². The van der Waals surface area contributed by atoms with Gasteiger partial charge in [-0.2, -0.15) is 5.10 Å². The summed E-state index contributed by atoms with van der Waals surface area (Å²) in [5, 5.41) is 15.1. The molecule has 1 atom stereocenters. The monoisotopic (exact) mass is 172 g/mol. The van der Waals surface area contributed by atoms with Crippen LogP contribution in [-0.2, 0) is 4.79 Å². The summed E-state index contributed by atoms with van der Waals surface area (Å²) >= 11 is 0. The Bertz CT molecular complexity index is 202. The average molecular weight is 172 g/mol. The molecular formula is C6H12N4O2. The first-order valence-corrected chi connectivity index (χ1v) is 3.45. The summed E-state index contributed by atoms with van der Waals surface area (Å²) in [6.07, 6.45) is 0. The molecule has 0 bridgehead atoms. The Morgan fingerprint density at radius 3 is 2.75 bits per heavy atom. The number of hydrazone groups is 1. The molecule has 0 aliphatic rings. The van der Waals surface area contributed by atoms with Crippen LogP contribution in [0.3, 0.4) is 0 Å². The molecule has 0 fully saturated rings. The SMILES string of the molecule is C/C(N=N)=N/NCC(C)C(=O)O. The van der Waals surface area contributed by atoms with Gasteiger partial charge in [-0.25, -0.2) is 5.53 Å². The van der Waals surface area contributed by atoms with Gasteiger partial charge in [0.25, 0.3) is 0 Å². The Morgan fingerprint density at radius 2 is 2.33 bits per heavy atom. The van der Waals surface area contributed by atoms with Crippen LogP contribution in [0.2, 0.25) is 0 Å². The van der Waals surface area contributed by atoms with Crippen LogP contribution in [0.15, 0.2) is 10.2 Å². The second kappa shape index (κ2) is 5.22. The van der Waals surface area contributed by atoms with E-state index >= 15 is 0 Å². The minimum atomic E-state index is -0.877. The van der Waals surface area contributed by atoms with Crippen LogP contribution in [0.25, 0.3) is 0 Å². The van der Waals surface area contributed by atoms with Gasteiger partial charge < -0.3 is 10.5 Å². The molecule has 0 heterocycles. The zero-order valence-corrected chi connectivity index (χ0v) is 7.03. The van der Waals surface area contributed by atoms with Crippen molar-refractivity contribution in [1.29, 1.82) is 5.53 Å². The van der Waals surface area contributed by atoms with Gasteiger partial charge in [-0.3, -0.25) is 4.79 Å². The van der Waals surface area contributed by atoms with Crippen molar-refractivity contribution in [3.8, 4) is 0 Å². The first kappa shape index (κ1) is 10.5. The molecule has 6 heteroatoms. The highest BCUT2D eigenvalue weighted by atomic mass is 16.4. The van der Waals surface area contributed by atoms with E-state index in [1.165, 1.54) is 0 Å². The maximum Gasteiger partial charge on any atom is 0.308 e. The molecule has 3 N–H and O–H groups in total. The Labute approximate surface area is 70.2 Å². The second-order valence-electron chi connectivity index (χ2n) is 2.37. The Kier molecular flexibility index (Phi) is 4.59. The van der Waals surface area contributed by atoms with Crippen molar-refractivity contribution >= 4 is 11.8 Å². The van der Waals surface area contributed by atoms with E-state index in [-0.39, 0.29) is 12.4 Å². The lowest BCUT2D eigenvalue weighted by atomic mass is 10.2. The first-order chi connectivity index (χ1) is 5.57. The fourth-order valence-electron chi connectivity index (χ4n) is 0.409. The van der Waals surface area contributed by atoms with Crippen molar-refractivity contribution < 1.29 is 9.90 Å². The lowest BCUT2D eigenvalue weighted by Gasteiger charge is -2.04. The van der Waals surface area contributed by atoms with Crippen molar-refractivity contribution in [2.75, 3.05) is 6.54 Å². The van der Waals surface area contributed by atoms with Crippen LogP contribution in [0.5, 0.6) is 0 Å². The lowest BCUT2D eigenvalue weighted by molar-refractivity contribution is -0.140. The first-order valence-electron chi connectivity index (χ1n) is 3.45. The number of nitrogens with zero attached hydrogens (tertiary/aromatic N) is 2. The molecule has 68 valence electrons. The third kappa shape index (κ3) is 4.37. The van der Waals surface area contributed by atoms with Crippen LogP contribution in [-0.4, -0.2) is 23.5 Å². The van der Waals surface area contributed by atoms with Crippen LogP contribution in [0.1, 0.15) is 13.8 Å². The van der Waals surface area contributed by atoms with E-state index in [0.717, 1.165) is 0 Å². The molecule has 0 aromatic heterocycles. The number of hydrogen-bond acceptors (Lipinski definition) is 4. The highest BCUT2D eigenvalue weighted by Gasteiger charge is 2.08. The number of amidine groups is 1. The molecule has 0 spiro atoms. The molecule has 0 aromatic carbocycles. The highest BCUT2D eigenvalue weighted by molar-refractivity contribution is 5.79. The summed E-state index contributed by atoms with van der Waals surface area (Å²) in [5.74, 6) is -1.10. The summed E-state index contributed by atoms with van der Waals surface area (Å²) in [6.45, 7) is 3.35. The third-order valence-corrected chi connectivity index (χ3v) is 1.22. The molecule has 0 aliphatic heterocycles. The van der Waals surface area contributed by atoms with Gasteiger partial charge in [0.15, 0.2) is 5.84 Å². The predicted molar refractivity (Wildman–Crippen MR) is 43.1 cm³/mol. The fourth-order valence-corrected chi connectivity index (χ4v) is 0.409. The zero-order valence-electron chi connectivity index (χ0n) is 7.03. The van der Waals surface area contributed by atoms with E-state index < -0.39 is 11.9 Å². The zero-order chi connectivity index (χ0) is 9.56. The smallest absolute Gasteiger partial charge is 0.308 e. The maximum atomic E-state index is 10.3. The quantitative estimate of drug-likeness (QED) is 0.251. The molecule has 0 saturated carbocycles. The van der Waals surface area contributed by atoms with E-state index in [1.807, 2.05) is 0 Å². The van der Waals surface area contributed by atoms with Crippen molar-refractivity contribution in [3.63, 3.8) is 0 Å². The number of hydrogen-bond donors (Lipinski definition) is 3. The van der Waals surface area contributed by atoms with E-state index in [1.54, 1.807) is 13.8 Å². The Balaban J connectivity index is 3.69. The molecule has 0 amide bonds. The molecule has 0 aromatic rings. The number of carboxylic acid groups (broad SMARTS) is 1. The molecule has 1 unspecified atom stereocenters. The largest absolute Gasteiger partial charge is 0.481 e. The van der Waals surface area contributed by atoms with Gasteiger partial charge in [-0.15, -0.1) is 5.11 Å². The Morgan fingerprint density at radius 1 is 1.75 bits per heavy atom. The highest BCUT2D eigenvalue weighted by Crippen LogP contribution is 1.90. The molecule has 0 rings (SSSR count). The summed E-state index contributed by atoms with van der Waals surface area (Å²) in [4.78, 5) is 10.3. The minimum Gasteiger partial charge on any atom is -0.481 e. The van der Waals surface area contributed by atoms with Crippen LogP contribution >= 0.6 is 0 Å². The number of nitrogens with one attached hydrogen (secondary N) is 2. The van der Waals surface area contributed by atoms with Gasteiger partial charge >= 0.3 is 5.97 Å².